The summed E-state index contributed by atoms with van der Waals surface area (Å²) in [5.41, 5.74) is 0.621. The van der Waals surface area contributed by atoms with Crippen LogP contribution in [0.2, 0.25) is 5.02 Å². The predicted octanol–water partition coefficient (Wildman–Crippen LogP) is 3.80. The van der Waals surface area contributed by atoms with Gasteiger partial charge in [0.2, 0.25) is 5.91 Å². The number of hydrogen-bond acceptors (Lipinski definition) is 2. The highest BCUT2D eigenvalue weighted by Gasteiger charge is 2.40. The Labute approximate surface area is 144 Å². The lowest BCUT2D eigenvalue weighted by Crippen LogP contribution is -2.53. The number of hydrogen-bond donors (Lipinski definition) is 2. The Balaban J connectivity index is 1.77. The minimum atomic E-state index is -0.450. The van der Waals surface area contributed by atoms with Crippen molar-refractivity contribution in [2.45, 2.75) is 75.9 Å². The maximum atomic E-state index is 13.2. The van der Waals surface area contributed by atoms with Crippen molar-refractivity contribution in [3.8, 4) is 0 Å². The first-order valence-corrected chi connectivity index (χ1v) is 9.28. The fourth-order valence-electron chi connectivity index (χ4n) is 4.38. The molecule has 0 radical (unpaired) electrons. The summed E-state index contributed by atoms with van der Waals surface area (Å²) in [6, 6.07) is 9.26. The predicted molar refractivity (Wildman–Crippen MR) is 94.8 cm³/mol. The minimum Gasteiger partial charge on any atom is -0.352 e. The van der Waals surface area contributed by atoms with Gasteiger partial charge < -0.3 is 10.6 Å². The molecule has 23 heavy (non-hydrogen) atoms. The highest BCUT2D eigenvalue weighted by atomic mass is 35.5. The van der Waals surface area contributed by atoms with Gasteiger partial charge in [0.15, 0.2) is 0 Å². The molecule has 0 aromatic heterocycles. The van der Waals surface area contributed by atoms with Gasteiger partial charge in [0, 0.05) is 23.1 Å². The molecular weight excluding hydrogens is 308 g/mol. The summed E-state index contributed by atoms with van der Waals surface area (Å²) in [5, 5.41) is 7.71. The van der Waals surface area contributed by atoms with Crippen molar-refractivity contribution >= 4 is 17.5 Å². The normalized spacial score (nSPS) is 27.0. The number of benzene rings is 1. The summed E-state index contributed by atoms with van der Waals surface area (Å²) < 4.78 is 0. The number of nitrogens with one attached hydrogen (secondary N) is 2. The Bertz CT molecular complexity index is 541. The van der Waals surface area contributed by atoms with Crippen LogP contribution in [0.15, 0.2) is 24.3 Å². The number of amides is 1. The molecule has 0 spiro atoms. The van der Waals surface area contributed by atoms with Gasteiger partial charge in [-0.2, -0.15) is 0 Å². The highest BCUT2D eigenvalue weighted by molar-refractivity contribution is 6.30. The zero-order valence-electron chi connectivity index (χ0n) is 14.1. The zero-order chi connectivity index (χ0) is 16.4. The van der Waals surface area contributed by atoms with E-state index in [-0.39, 0.29) is 5.91 Å². The van der Waals surface area contributed by atoms with E-state index in [1.165, 1.54) is 12.8 Å². The summed E-state index contributed by atoms with van der Waals surface area (Å²) in [5.74, 6) is 0.177. The topological polar surface area (TPSA) is 41.1 Å². The monoisotopic (exact) mass is 334 g/mol. The summed E-state index contributed by atoms with van der Waals surface area (Å²) in [4.78, 5) is 13.2. The molecule has 2 saturated heterocycles. The van der Waals surface area contributed by atoms with E-state index in [0.717, 1.165) is 31.2 Å². The van der Waals surface area contributed by atoms with Gasteiger partial charge in [0.1, 0.15) is 0 Å². The number of piperidine rings is 1. The van der Waals surface area contributed by atoms with E-state index in [9.17, 15) is 4.79 Å². The molecule has 2 heterocycles. The van der Waals surface area contributed by atoms with Gasteiger partial charge in [-0.3, -0.25) is 4.79 Å². The second-order valence-corrected chi connectivity index (χ2v) is 7.51. The first kappa shape index (κ1) is 16.8. The maximum Gasteiger partial charge on any atom is 0.230 e. The van der Waals surface area contributed by atoms with E-state index in [1.54, 1.807) is 0 Å². The van der Waals surface area contributed by atoms with Gasteiger partial charge in [-0.25, -0.2) is 0 Å². The van der Waals surface area contributed by atoms with Gasteiger partial charge in [0.05, 0.1) is 5.41 Å². The zero-order valence-corrected chi connectivity index (χ0v) is 14.8. The number of halogens is 1. The molecule has 1 aromatic carbocycles. The summed E-state index contributed by atoms with van der Waals surface area (Å²) in [6.45, 7) is 4.20. The Hall–Kier alpha value is -1.06. The van der Waals surface area contributed by atoms with E-state index in [1.807, 2.05) is 24.3 Å². The van der Waals surface area contributed by atoms with E-state index >= 15 is 0 Å². The molecule has 4 heteroatoms. The van der Waals surface area contributed by atoms with Gasteiger partial charge >= 0.3 is 0 Å². The molecule has 2 fully saturated rings. The molecule has 2 N–H and O–H groups in total. The lowest BCUT2D eigenvalue weighted by Gasteiger charge is -2.36. The van der Waals surface area contributed by atoms with Crippen molar-refractivity contribution in [3.05, 3.63) is 34.9 Å². The van der Waals surface area contributed by atoms with Crippen LogP contribution in [-0.2, 0) is 10.2 Å². The van der Waals surface area contributed by atoms with Crippen LogP contribution < -0.4 is 10.6 Å². The van der Waals surface area contributed by atoms with Crippen LogP contribution in [0.25, 0.3) is 0 Å². The maximum absolute atomic E-state index is 13.2. The second-order valence-electron chi connectivity index (χ2n) is 7.08. The lowest BCUT2D eigenvalue weighted by molar-refractivity contribution is -0.128. The molecule has 1 amide bonds. The van der Waals surface area contributed by atoms with Crippen LogP contribution in [0.4, 0.5) is 0 Å². The number of rotatable bonds is 5. The number of carbonyl (C=O) groups is 1. The van der Waals surface area contributed by atoms with Crippen molar-refractivity contribution in [1.29, 1.82) is 0 Å². The first-order valence-electron chi connectivity index (χ1n) is 8.90. The SMILES string of the molecule is CCC(CC)(C(=O)NC1CC2CCC(C1)N2)c1ccc(Cl)cc1. The third-order valence-corrected chi connectivity index (χ3v) is 6.10. The van der Waals surface area contributed by atoms with Crippen LogP contribution in [0.3, 0.4) is 0 Å². The third-order valence-electron chi connectivity index (χ3n) is 5.85. The van der Waals surface area contributed by atoms with Crippen LogP contribution in [0, 0.1) is 0 Å². The van der Waals surface area contributed by atoms with Crippen molar-refractivity contribution in [2.75, 3.05) is 0 Å². The molecule has 2 aliphatic heterocycles. The molecule has 0 aliphatic carbocycles. The molecule has 126 valence electrons. The van der Waals surface area contributed by atoms with Crippen LogP contribution in [0.1, 0.15) is 57.9 Å². The molecule has 3 rings (SSSR count). The van der Waals surface area contributed by atoms with Crippen molar-refractivity contribution in [3.63, 3.8) is 0 Å². The number of fused-ring (bicyclic) bond motifs is 2. The first-order chi connectivity index (χ1) is 11.1. The Kier molecular flexibility index (Phi) is 4.98. The van der Waals surface area contributed by atoms with Crippen LogP contribution in [-0.4, -0.2) is 24.0 Å². The molecule has 2 unspecified atom stereocenters. The average Bonchev–Trinajstić information content (AvgIpc) is 2.89. The molecule has 2 bridgehead atoms. The van der Waals surface area contributed by atoms with Gasteiger partial charge in [0.25, 0.3) is 0 Å². The Morgan fingerprint density at radius 1 is 1.17 bits per heavy atom. The molecular formula is C19H27ClN2O. The summed E-state index contributed by atoms with van der Waals surface area (Å²) in [7, 11) is 0. The molecule has 0 saturated carbocycles. The summed E-state index contributed by atoms with van der Waals surface area (Å²) >= 11 is 6.01. The van der Waals surface area contributed by atoms with Crippen molar-refractivity contribution < 1.29 is 4.79 Å². The molecule has 2 atom stereocenters. The van der Waals surface area contributed by atoms with E-state index in [0.29, 0.717) is 23.1 Å². The Morgan fingerprint density at radius 3 is 2.26 bits per heavy atom. The average molecular weight is 335 g/mol. The Morgan fingerprint density at radius 2 is 1.74 bits per heavy atom. The fraction of sp³-hybridized carbons (Fsp3) is 0.632. The van der Waals surface area contributed by atoms with Crippen LogP contribution in [0.5, 0.6) is 0 Å². The van der Waals surface area contributed by atoms with Crippen molar-refractivity contribution in [1.82, 2.24) is 10.6 Å². The third kappa shape index (κ3) is 3.27. The standard InChI is InChI=1S/C19H27ClN2O/c1-3-19(4-2,13-5-7-14(20)8-6-13)18(23)22-17-11-15-9-10-16(12-17)21-15/h5-8,15-17,21H,3-4,9-12H2,1-2H3,(H,22,23). The fourth-order valence-corrected chi connectivity index (χ4v) is 4.50. The number of carbonyl (C=O) groups excluding carboxylic acids is 1. The van der Waals surface area contributed by atoms with Gasteiger partial charge in [-0.05, 0) is 56.2 Å². The van der Waals surface area contributed by atoms with Gasteiger partial charge in [-0.15, -0.1) is 0 Å². The molecule has 3 nitrogen and oxygen atoms in total. The van der Waals surface area contributed by atoms with Crippen molar-refractivity contribution in [2.24, 2.45) is 0 Å². The van der Waals surface area contributed by atoms with E-state index in [4.69, 9.17) is 11.6 Å². The highest BCUT2D eigenvalue weighted by Crippen LogP contribution is 2.34. The summed E-state index contributed by atoms with van der Waals surface area (Å²) in [6.07, 6.45) is 6.23. The largest absolute Gasteiger partial charge is 0.352 e. The van der Waals surface area contributed by atoms with Crippen LogP contribution >= 0.6 is 11.6 Å². The lowest BCUT2D eigenvalue weighted by atomic mass is 9.74. The quantitative estimate of drug-likeness (QED) is 0.860. The molecule has 1 aromatic rings. The smallest absolute Gasteiger partial charge is 0.230 e. The van der Waals surface area contributed by atoms with Gasteiger partial charge in [-0.1, -0.05) is 37.6 Å². The molecule has 2 aliphatic rings. The van der Waals surface area contributed by atoms with E-state index in [2.05, 4.69) is 24.5 Å². The minimum absolute atomic E-state index is 0.177. The second kappa shape index (κ2) is 6.82. The van der Waals surface area contributed by atoms with E-state index < -0.39 is 5.41 Å².